The van der Waals surface area contributed by atoms with Crippen LogP contribution in [0.1, 0.15) is 36.5 Å². The molecule has 0 aliphatic carbocycles. The largest absolute Gasteiger partial charge is 0.455 e. The maximum absolute atomic E-state index is 7.28. The van der Waals surface area contributed by atoms with Crippen molar-refractivity contribution in [2.45, 2.75) is 19.8 Å². The molecule has 348 valence electrons. The summed E-state index contributed by atoms with van der Waals surface area (Å²) in [5, 5.41) is 11.6. The first kappa shape index (κ1) is 42.1. The lowest BCUT2D eigenvalue weighted by atomic mass is 9.94. The van der Waals surface area contributed by atoms with Crippen molar-refractivity contribution in [1.29, 1.82) is 0 Å². The van der Waals surface area contributed by atoms with E-state index in [0.29, 0.717) is 18.7 Å². The summed E-state index contributed by atoms with van der Waals surface area (Å²) in [7, 11) is 0. The minimum atomic E-state index is 0.643. The third kappa shape index (κ3) is 6.63. The van der Waals surface area contributed by atoms with E-state index in [1.165, 1.54) is 37.7 Å². The molecule has 0 atom stereocenters. The number of furan rings is 1. The number of amidine groups is 1. The lowest BCUT2D eigenvalue weighted by Gasteiger charge is -2.20. The molecule has 3 aromatic heterocycles. The number of allylic oxidation sites excluding steroid dienone is 1. The second-order valence-corrected chi connectivity index (χ2v) is 19.7. The van der Waals surface area contributed by atoms with Crippen LogP contribution in [0.5, 0.6) is 0 Å². The summed E-state index contributed by atoms with van der Waals surface area (Å²) in [6.07, 6.45) is 1.40. The number of hydrogen-bond acceptors (Lipinski definition) is 3. The predicted molar refractivity (Wildman–Crippen MR) is 311 cm³/mol. The molecule has 0 N–H and O–H groups in total. The van der Waals surface area contributed by atoms with Gasteiger partial charge in [0, 0.05) is 49.1 Å². The van der Waals surface area contributed by atoms with E-state index in [1.54, 1.807) is 0 Å². The Morgan fingerprint density at radius 3 is 1.77 bits per heavy atom. The molecule has 1 aliphatic heterocycles. The van der Waals surface area contributed by atoms with Gasteiger partial charge >= 0.3 is 0 Å². The average molecular weight is 947 g/mol. The second kappa shape index (κ2) is 16.8. The Labute approximate surface area is 426 Å². The Morgan fingerprint density at radius 1 is 0.405 bits per heavy atom. The normalized spacial score (nSPS) is 14.4. The van der Waals surface area contributed by atoms with E-state index in [-0.39, 0.29) is 0 Å². The van der Waals surface area contributed by atoms with Gasteiger partial charge < -0.3 is 13.6 Å². The van der Waals surface area contributed by atoms with Gasteiger partial charge in [-0.1, -0.05) is 170 Å². The molecular formula is C69H46N4O. The zero-order valence-corrected chi connectivity index (χ0v) is 40.6. The van der Waals surface area contributed by atoms with E-state index in [1.807, 2.05) is 0 Å². The van der Waals surface area contributed by atoms with Gasteiger partial charge in [0.2, 0.25) is 0 Å². The molecule has 4 heterocycles. The highest BCUT2D eigenvalue weighted by atomic mass is 16.3. The summed E-state index contributed by atoms with van der Waals surface area (Å²) in [5.41, 5.74) is 16.5. The SMILES string of the molecule is C/C1=C(\c2c(-n3c4ccccc4c4cc5ccccc5cc43)ccc3c2oc2cc4ccccc4cc23)N=C(c2cccc(-c3ccccc3)c2)N=C(c2cccc3c4ccccc4n(-c4ccccc4)c23)CC1. The summed E-state index contributed by atoms with van der Waals surface area (Å²) < 4.78 is 12.1. The highest BCUT2D eigenvalue weighted by molar-refractivity contribution is 6.23. The van der Waals surface area contributed by atoms with Gasteiger partial charge in [0.1, 0.15) is 11.2 Å². The van der Waals surface area contributed by atoms with Crippen molar-refractivity contribution in [1.82, 2.24) is 9.13 Å². The van der Waals surface area contributed by atoms with Crippen LogP contribution >= 0.6 is 0 Å². The van der Waals surface area contributed by atoms with E-state index in [9.17, 15) is 0 Å². The van der Waals surface area contributed by atoms with Gasteiger partial charge in [-0.05, 0) is 125 Å². The third-order valence-corrected chi connectivity index (χ3v) is 15.4. The fraction of sp³-hybridized carbons (Fsp3) is 0.0435. The van der Waals surface area contributed by atoms with Gasteiger partial charge in [0.25, 0.3) is 0 Å². The number of rotatable bonds is 6. The molecule has 1 aliphatic rings. The molecule has 0 saturated carbocycles. The van der Waals surface area contributed by atoms with Crippen LogP contribution in [-0.4, -0.2) is 20.7 Å². The van der Waals surface area contributed by atoms with Crippen LogP contribution in [0.2, 0.25) is 0 Å². The zero-order valence-electron chi connectivity index (χ0n) is 40.6. The number of aliphatic imine (C=N–C) groups is 2. The lowest BCUT2D eigenvalue weighted by Crippen LogP contribution is -2.12. The summed E-state index contributed by atoms with van der Waals surface area (Å²) in [4.78, 5) is 11.8. The quantitative estimate of drug-likeness (QED) is 0.164. The summed E-state index contributed by atoms with van der Waals surface area (Å²) >= 11 is 0. The molecule has 0 amide bonds. The molecule has 15 rings (SSSR count). The smallest absolute Gasteiger partial charge is 0.160 e. The molecule has 0 bridgehead atoms. The van der Waals surface area contributed by atoms with Gasteiger partial charge in [-0.25, -0.2) is 9.98 Å². The number of fused-ring (bicyclic) bond motifs is 11. The number of aromatic nitrogens is 2. The Balaban J connectivity index is 1.04. The number of para-hydroxylation sites is 4. The Bertz CT molecular complexity index is 4720. The molecule has 11 aromatic carbocycles. The topological polar surface area (TPSA) is 47.7 Å². The molecule has 0 spiro atoms. The van der Waals surface area contributed by atoms with E-state index < -0.39 is 0 Å². The Morgan fingerprint density at radius 2 is 1.00 bits per heavy atom. The monoisotopic (exact) mass is 946 g/mol. The van der Waals surface area contributed by atoms with Crippen LogP contribution in [0.15, 0.2) is 257 Å². The molecule has 74 heavy (non-hydrogen) atoms. The average Bonchev–Trinajstić information content (AvgIpc) is 4.15. The Hall–Kier alpha value is -9.58. The maximum atomic E-state index is 7.28. The molecule has 0 fully saturated rings. The van der Waals surface area contributed by atoms with Crippen LogP contribution in [-0.2, 0) is 0 Å². The van der Waals surface area contributed by atoms with E-state index >= 15 is 0 Å². The third-order valence-electron chi connectivity index (χ3n) is 15.4. The molecule has 5 nitrogen and oxygen atoms in total. The summed E-state index contributed by atoms with van der Waals surface area (Å²) in [6.45, 7) is 2.26. The van der Waals surface area contributed by atoms with Gasteiger partial charge in [-0.3, -0.25) is 0 Å². The van der Waals surface area contributed by atoms with E-state index in [2.05, 4.69) is 253 Å². The summed E-state index contributed by atoms with van der Waals surface area (Å²) in [6, 6.07) is 85.2. The fourth-order valence-electron chi connectivity index (χ4n) is 11.8. The minimum absolute atomic E-state index is 0.643. The van der Waals surface area contributed by atoms with Gasteiger partial charge in [-0.15, -0.1) is 0 Å². The molecule has 0 unspecified atom stereocenters. The fourth-order valence-corrected chi connectivity index (χ4v) is 11.8. The number of benzene rings is 11. The molecule has 0 radical (unpaired) electrons. The van der Waals surface area contributed by atoms with Crippen molar-refractivity contribution >= 4 is 104 Å². The van der Waals surface area contributed by atoms with Crippen LogP contribution in [0, 0.1) is 0 Å². The molecule has 5 heteroatoms. The van der Waals surface area contributed by atoms with Crippen molar-refractivity contribution < 1.29 is 4.42 Å². The van der Waals surface area contributed by atoms with Crippen molar-refractivity contribution in [3.8, 4) is 22.5 Å². The van der Waals surface area contributed by atoms with E-state index in [0.717, 1.165) is 106 Å². The van der Waals surface area contributed by atoms with Crippen LogP contribution in [0.3, 0.4) is 0 Å². The predicted octanol–water partition coefficient (Wildman–Crippen LogP) is 18.2. The van der Waals surface area contributed by atoms with Crippen LogP contribution in [0.4, 0.5) is 0 Å². The Kier molecular flexibility index (Phi) is 9.54. The van der Waals surface area contributed by atoms with Crippen molar-refractivity contribution in [2.75, 3.05) is 0 Å². The number of nitrogens with zero attached hydrogens (tertiary/aromatic N) is 4. The maximum Gasteiger partial charge on any atom is 0.160 e. The highest BCUT2D eigenvalue weighted by Crippen LogP contribution is 2.45. The second-order valence-electron chi connectivity index (χ2n) is 19.7. The van der Waals surface area contributed by atoms with Crippen molar-refractivity contribution in [3.63, 3.8) is 0 Å². The molecule has 14 aromatic rings. The van der Waals surface area contributed by atoms with Gasteiger partial charge in [0.15, 0.2) is 5.84 Å². The number of hydrogen-bond donors (Lipinski definition) is 0. The first-order chi connectivity index (χ1) is 36.6. The molecular weight excluding hydrogens is 901 g/mol. The first-order valence-corrected chi connectivity index (χ1v) is 25.5. The first-order valence-electron chi connectivity index (χ1n) is 25.5. The standard InChI is InChI=1S/C69H46N4O/c1-43-34-36-59(56-31-17-30-54-52-28-12-14-32-60(52)72(67(54)56)51-26-6-3-7-27-51)70-69(50-25-16-24-45(38-50)44-18-4-2-5-19-44)71-66(43)65-62(37-35-55-58-40-47-21-9-11-23-49(47)42-64(58)74-68(55)65)73-61-33-15-13-29-53(61)57-39-46-20-8-10-22-48(46)41-63(57)73/h2-33,35,37-42H,34,36H2,1H3/b66-43-,70-59?,71-69?. The lowest BCUT2D eigenvalue weighted by molar-refractivity contribution is 0.667. The van der Waals surface area contributed by atoms with Gasteiger partial charge in [0.05, 0.1) is 44.7 Å². The van der Waals surface area contributed by atoms with Crippen LogP contribution in [0.25, 0.3) is 115 Å². The van der Waals surface area contributed by atoms with Crippen molar-refractivity contribution in [3.05, 3.63) is 259 Å². The molecule has 0 saturated heterocycles. The minimum Gasteiger partial charge on any atom is -0.455 e. The van der Waals surface area contributed by atoms with Crippen LogP contribution < -0.4 is 0 Å². The van der Waals surface area contributed by atoms with Crippen molar-refractivity contribution in [2.24, 2.45) is 9.98 Å². The van der Waals surface area contributed by atoms with Gasteiger partial charge in [-0.2, -0.15) is 0 Å². The zero-order chi connectivity index (χ0) is 48.9. The van der Waals surface area contributed by atoms with E-state index in [4.69, 9.17) is 14.4 Å². The highest BCUT2D eigenvalue weighted by Gasteiger charge is 2.27. The summed E-state index contributed by atoms with van der Waals surface area (Å²) in [5.74, 6) is 0.643.